The molecule has 0 saturated carbocycles. The fourth-order valence-corrected chi connectivity index (χ4v) is 5.58. The second-order valence-electron chi connectivity index (χ2n) is 9.84. The third-order valence-electron chi connectivity index (χ3n) is 6.88. The Morgan fingerprint density at radius 2 is 2.05 bits per heavy atom. The highest BCUT2D eigenvalue weighted by Crippen LogP contribution is 2.37. The number of aliphatic imine (C=N–C) groups is 1. The molecule has 4 rings (SSSR count). The molecule has 0 bridgehead atoms. The van der Waals surface area contributed by atoms with E-state index in [2.05, 4.69) is 35.7 Å². The molecule has 1 fully saturated rings. The van der Waals surface area contributed by atoms with Gasteiger partial charge in [0.2, 0.25) is 12.3 Å². The number of carbonyl (C=O) groups is 2. The van der Waals surface area contributed by atoms with E-state index >= 15 is 4.39 Å². The third-order valence-corrected chi connectivity index (χ3v) is 7.90. The first kappa shape index (κ1) is 30.2. The molecular weight excluding hydrogens is 563 g/mol. The summed E-state index contributed by atoms with van der Waals surface area (Å²) in [5.74, 6) is -0.101. The summed E-state index contributed by atoms with van der Waals surface area (Å²) < 4.78 is 15.9. The molecule has 3 heterocycles. The number of amidine groups is 1. The van der Waals surface area contributed by atoms with E-state index in [-0.39, 0.29) is 29.4 Å². The second-order valence-corrected chi connectivity index (χ2v) is 11.0. The van der Waals surface area contributed by atoms with E-state index < -0.39 is 5.82 Å². The molecule has 1 unspecified atom stereocenters. The van der Waals surface area contributed by atoms with E-state index in [0.29, 0.717) is 58.7 Å². The molecule has 0 spiro atoms. The standard InChI is InChI=1S/C30H32ClFN6O2S/c1-6-25(40)37-13-14-38(19(4)16-37)29(36-27-20(18(2)3)11-12-33-30(27)41-5)22-15-24(32)26(35-28(22)34-17-39)21-9-7-8-10-23(21)31/h6-12,15,17-19H,1,13-14,16H2,2-5H3,(H,34,35,39)/b36-29+. The van der Waals surface area contributed by atoms with Crippen LogP contribution in [0.5, 0.6) is 0 Å². The average Bonchev–Trinajstić information content (AvgIpc) is 2.96. The molecule has 1 aliphatic heterocycles. The molecule has 11 heteroatoms. The number of thioether (sulfide) groups is 1. The number of halogens is 2. The molecular formula is C30H32ClFN6O2S. The number of hydrogen-bond acceptors (Lipinski definition) is 6. The highest BCUT2D eigenvalue weighted by molar-refractivity contribution is 7.98. The predicted molar refractivity (Wildman–Crippen MR) is 164 cm³/mol. The maximum absolute atomic E-state index is 15.9. The zero-order valence-electron chi connectivity index (χ0n) is 23.4. The maximum Gasteiger partial charge on any atom is 0.246 e. The lowest BCUT2D eigenvalue weighted by Crippen LogP contribution is -2.55. The van der Waals surface area contributed by atoms with Crippen molar-refractivity contribution < 1.29 is 14.0 Å². The first-order chi connectivity index (χ1) is 19.7. The van der Waals surface area contributed by atoms with Gasteiger partial charge in [-0.2, -0.15) is 0 Å². The molecule has 41 heavy (non-hydrogen) atoms. The Balaban J connectivity index is 1.97. The second kappa shape index (κ2) is 13.3. The van der Waals surface area contributed by atoms with Crippen LogP contribution < -0.4 is 5.32 Å². The van der Waals surface area contributed by atoms with Crippen molar-refractivity contribution in [1.29, 1.82) is 0 Å². The Hall–Kier alpha value is -3.76. The molecule has 2 amide bonds. The van der Waals surface area contributed by atoms with E-state index in [9.17, 15) is 9.59 Å². The van der Waals surface area contributed by atoms with Crippen LogP contribution in [0.3, 0.4) is 0 Å². The lowest BCUT2D eigenvalue weighted by atomic mass is 10.0. The third kappa shape index (κ3) is 6.44. The molecule has 2 aromatic heterocycles. The van der Waals surface area contributed by atoms with Crippen LogP contribution in [-0.2, 0) is 9.59 Å². The topological polar surface area (TPSA) is 90.8 Å². The Labute approximate surface area is 248 Å². The van der Waals surface area contributed by atoms with Crippen LogP contribution in [0.1, 0.15) is 37.8 Å². The molecule has 3 aromatic rings. The highest BCUT2D eigenvalue weighted by atomic mass is 35.5. The fourth-order valence-electron chi connectivity index (χ4n) is 4.83. The zero-order chi connectivity index (χ0) is 29.7. The number of hydrogen-bond donors (Lipinski definition) is 1. The van der Waals surface area contributed by atoms with E-state index in [1.165, 1.54) is 23.9 Å². The van der Waals surface area contributed by atoms with Gasteiger partial charge in [-0.15, -0.1) is 11.8 Å². The number of pyridine rings is 2. The molecule has 1 aromatic carbocycles. The van der Waals surface area contributed by atoms with Gasteiger partial charge in [0, 0.05) is 37.4 Å². The van der Waals surface area contributed by atoms with Crippen molar-refractivity contribution in [3.05, 3.63) is 77.2 Å². The Kier molecular flexibility index (Phi) is 9.77. The van der Waals surface area contributed by atoms with Crippen molar-refractivity contribution >= 4 is 53.0 Å². The Bertz CT molecular complexity index is 1500. The van der Waals surface area contributed by atoms with Crippen LogP contribution in [0.25, 0.3) is 11.3 Å². The summed E-state index contributed by atoms with van der Waals surface area (Å²) >= 11 is 7.83. The van der Waals surface area contributed by atoms with Crippen molar-refractivity contribution in [2.24, 2.45) is 4.99 Å². The number of nitrogens with zero attached hydrogens (tertiary/aromatic N) is 5. The van der Waals surface area contributed by atoms with Crippen LogP contribution in [0.15, 0.2) is 65.3 Å². The van der Waals surface area contributed by atoms with Gasteiger partial charge in [0.25, 0.3) is 0 Å². The normalized spacial score (nSPS) is 15.7. The van der Waals surface area contributed by atoms with Crippen LogP contribution in [-0.4, -0.2) is 69.9 Å². The van der Waals surface area contributed by atoms with Crippen LogP contribution >= 0.6 is 23.4 Å². The van der Waals surface area contributed by atoms with Gasteiger partial charge in [-0.25, -0.2) is 19.4 Å². The minimum Gasteiger partial charge on any atom is -0.350 e. The minimum absolute atomic E-state index is 0.00606. The van der Waals surface area contributed by atoms with Crippen molar-refractivity contribution in [1.82, 2.24) is 19.8 Å². The van der Waals surface area contributed by atoms with Crippen molar-refractivity contribution in [3.63, 3.8) is 0 Å². The van der Waals surface area contributed by atoms with Crippen molar-refractivity contribution in [2.75, 3.05) is 31.2 Å². The molecule has 0 radical (unpaired) electrons. The number of rotatable bonds is 8. The SMILES string of the molecule is C=CC(=O)N1CCN(/C(=N/c2c(C(C)C)ccnc2SC)c2cc(F)c(-c3ccccc3Cl)nc2NC=O)C(C)C1. The maximum atomic E-state index is 15.9. The minimum atomic E-state index is -0.620. The van der Waals surface area contributed by atoms with Gasteiger partial charge in [0.1, 0.15) is 33.9 Å². The summed E-state index contributed by atoms with van der Waals surface area (Å²) in [7, 11) is 0. The number of piperazine rings is 1. The van der Waals surface area contributed by atoms with Gasteiger partial charge in [-0.05, 0) is 48.9 Å². The summed E-state index contributed by atoms with van der Waals surface area (Å²) in [5, 5.41) is 3.69. The summed E-state index contributed by atoms with van der Waals surface area (Å²) in [5.41, 5.74) is 2.34. The van der Waals surface area contributed by atoms with Gasteiger partial charge < -0.3 is 15.1 Å². The first-order valence-electron chi connectivity index (χ1n) is 13.2. The van der Waals surface area contributed by atoms with Crippen LogP contribution in [0.2, 0.25) is 5.02 Å². The van der Waals surface area contributed by atoms with Gasteiger partial charge in [0.05, 0.1) is 10.6 Å². The van der Waals surface area contributed by atoms with Gasteiger partial charge >= 0.3 is 0 Å². The number of nitrogens with one attached hydrogen (secondary N) is 1. The summed E-state index contributed by atoms with van der Waals surface area (Å²) in [6.45, 7) is 11.0. The van der Waals surface area contributed by atoms with Crippen molar-refractivity contribution in [3.8, 4) is 11.3 Å². The fraction of sp³-hybridized carbons (Fsp3) is 0.300. The molecule has 0 aliphatic carbocycles. The van der Waals surface area contributed by atoms with Gasteiger partial charge in [-0.3, -0.25) is 9.59 Å². The highest BCUT2D eigenvalue weighted by Gasteiger charge is 2.31. The summed E-state index contributed by atoms with van der Waals surface area (Å²) in [6.07, 6.45) is 5.47. The average molecular weight is 595 g/mol. The molecule has 1 saturated heterocycles. The quantitative estimate of drug-likeness (QED) is 0.111. The number of carbonyl (C=O) groups excluding carboxylic acids is 2. The molecule has 8 nitrogen and oxygen atoms in total. The number of benzene rings is 1. The number of anilines is 1. The molecule has 1 atom stereocenters. The molecule has 1 aliphatic rings. The lowest BCUT2D eigenvalue weighted by Gasteiger charge is -2.41. The first-order valence-corrected chi connectivity index (χ1v) is 14.8. The van der Waals surface area contributed by atoms with Crippen LogP contribution in [0.4, 0.5) is 15.9 Å². The largest absolute Gasteiger partial charge is 0.350 e. The Morgan fingerprint density at radius 3 is 2.68 bits per heavy atom. The summed E-state index contributed by atoms with van der Waals surface area (Å²) in [4.78, 5) is 42.0. The lowest BCUT2D eigenvalue weighted by molar-refractivity contribution is -0.128. The number of aromatic nitrogens is 2. The monoisotopic (exact) mass is 594 g/mol. The summed E-state index contributed by atoms with van der Waals surface area (Å²) in [6, 6.07) is 9.86. The number of amides is 2. The molecule has 1 N–H and O–H groups in total. The molecule has 214 valence electrons. The Morgan fingerprint density at radius 1 is 1.29 bits per heavy atom. The van der Waals surface area contributed by atoms with E-state index in [1.54, 1.807) is 35.4 Å². The van der Waals surface area contributed by atoms with E-state index in [4.69, 9.17) is 16.6 Å². The van der Waals surface area contributed by atoms with Gasteiger partial charge in [0.15, 0.2) is 0 Å². The van der Waals surface area contributed by atoms with Crippen LogP contribution in [0, 0.1) is 5.82 Å². The van der Waals surface area contributed by atoms with Gasteiger partial charge in [-0.1, -0.05) is 50.2 Å². The predicted octanol–water partition coefficient (Wildman–Crippen LogP) is 6.15. The zero-order valence-corrected chi connectivity index (χ0v) is 25.0. The van der Waals surface area contributed by atoms with Crippen molar-refractivity contribution in [2.45, 2.75) is 37.8 Å². The smallest absolute Gasteiger partial charge is 0.246 e. The van der Waals surface area contributed by atoms with E-state index in [1.807, 2.05) is 24.1 Å². The van der Waals surface area contributed by atoms with E-state index in [0.717, 1.165) is 5.56 Å².